The lowest BCUT2D eigenvalue weighted by atomic mass is 10.1. The van der Waals surface area contributed by atoms with E-state index in [0.29, 0.717) is 34.5 Å². The third-order valence-electron chi connectivity index (χ3n) is 4.22. The van der Waals surface area contributed by atoms with Gasteiger partial charge in [-0.1, -0.05) is 29.8 Å². The zero-order valence-corrected chi connectivity index (χ0v) is 18.3. The Morgan fingerprint density at radius 2 is 1.79 bits per heavy atom. The van der Waals surface area contributed by atoms with Crippen LogP contribution in [0.2, 0.25) is 0 Å². The maximum absolute atomic E-state index is 12.5. The van der Waals surface area contributed by atoms with Crippen molar-refractivity contribution >= 4 is 33.2 Å². The minimum absolute atomic E-state index is 0.182. The number of halogens is 1. The molecule has 1 aromatic heterocycles. The lowest BCUT2D eigenvalue weighted by Gasteiger charge is -2.11. The van der Waals surface area contributed by atoms with E-state index >= 15 is 0 Å². The van der Waals surface area contributed by atoms with Gasteiger partial charge < -0.3 is 14.8 Å². The number of amides is 1. The number of rotatable bonds is 7. The van der Waals surface area contributed by atoms with Crippen LogP contribution in [0, 0.1) is 6.92 Å². The molecule has 1 N–H and O–H groups in total. The van der Waals surface area contributed by atoms with Gasteiger partial charge in [0.25, 0.3) is 5.91 Å². The van der Waals surface area contributed by atoms with Gasteiger partial charge in [0.2, 0.25) is 0 Å². The summed E-state index contributed by atoms with van der Waals surface area (Å²) in [5.74, 6) is 0.913. The van der Waals surface area contributed by atoms with Gasteiger partial charge in [-0.25, -0.2) is 4.98 Å². The Morgan fingerprint density at radius 3 is 2.39 bits per heavy atom. The Bertz CT molecular complexity index is 945. The van der Waals surface area contributed by atoms with Crippen molar-refractivity contribution in [1.82, 2.24) is 10.3 Å². The van der Waals surface area contributed by atoms with E-state index in [9.17, 15) is 4.79 Å². The van der Waals surface area contributed by atoms with Gasteiger partial charge in [0.05, 0.1) is 19.9 Å². The molecule has 5 nitrogen and oxygen atoms in total. The summed E-state index contributed by atoms with van der Waals surface area (Å²) in [6.45, 7) is 2.56. The molecule has 0 fully saturated rings. The Balaban J connectivity index is 1.61. The summed E-state index contributed by atoms with van der Waals surface area (Å²) < 4.78 is 11.3. The Morgan fingerprint density at radius 1 is 1.14 bits per heavy atom. The highest BCUT2D eigenvalue weighted by Gasteiger charge is 2.14. The first-order valence-corrected chi connectivity index (χ1v) is 10.4. The SMILES string of the molecule is COc1cc(C(=O)NCCc2csc(-c3ccc(C)cc3)n2)cc(OC)c1Br. The molecule has 0 saturated carbocycles. The number of carbonyl (C=O) groups is 1. The highest BCUT2D eigenvalue weighted by atomic mass is 79.9. The summed E-state index contributed by atoms with van der Waals surface area (Å²) in [6, 6.07) is 11.7. The van der Waals surface area contributed by atoms with Crippen LogP contribution in [0.25, 0.3) is 10.6 Å². The highest BCUT2D eigenvalue weighted by molar-refractivity contribution is 9.10. The lowest BCUT2D eigenvalue weighted by Crippen LogP contribution is -2.25. The van der Waals surface area contributed by atoms with E-state index in [4.69, 9.17) is 9.47 Å². The van der Waals surface area contributed by atoms with E-state index in [0.717, 1.165) is 16.3 Å². The molecule has 146 valence electrons. The fourth-order valence-electron chi connectivity index (χ4n) is 2.66. The van der Waals surface area contributed by atoms with Gasteiger partial charge in [-0.05, 0) is 35.0 Å². The zero-order chi connectivity index (χ0) is 20.1. The molecule has 0 atom stereocenters. The van der Waals surface area contributed by atoms with Gasteiger partial charge in [-0.3, -0.25) is 4.79 Å². The topological polar surface area (TPSA) is 60.5 Å². The van der Waals surface area contributed by atoms with Crippen LogP contribution in [-0.2, 0) is 6.42 Å². The molecule has 3 aromatic rings. The predicted molar refractivity (Wildman–Crippen MR) is 116 cm³/mol. The van der Waals surface area contributed by atoms with Crippen LogP contribution in [0.4, 0.5) is 0 Å². The third-order valence-corrected chi connectivity index (χ3v) is 5.95. The molecule has 2 aromatic carbocycles. The molecule has 0 aliphatic carbocycles. The summed E-state index contributed by atoms with van der Waals surface area (Å²) in [4.78, 5) is 17.2. The van der Waals surface area contributed by atoms with Gasteiger partial charge in [0.1, 0.15) is 21.0 Å². The first-order chi connectivity index (χ1) is 13.5. The molecule has 0 unspecified atom stereocenters. The Hall–Kier alpha value is -2.38. The number of aromatic nitrogens is 1. The summed E-state index contributed by atoms with van der Waals surface area (Å²) >= 11 is 5.02. The molecule has 1 heterocycles. The van der Waals surface area contributed by atoms with Gasteiger partial charge >= 0.3 is 0 Å². The number of nitrogens with one attached hydrogen (secondary N) is 1. The van der Waals surface area contributed by atoms with Crippen molar-refractivity contribution in [2.24, 2.45) is 0 Å². The van der Waals surface area contributed by atoms with Crippen LogP contribution in [0.15, 0.2) is 46.3 Å². The van der Waals surface area contributed by atoms with Crippen LogP contribution in [0.3, 0.4) is 0 Å². The van der Waals surface area contributed by atoms with Crippen LogP contribution in [0.5, 0.6) is 11.5 Å². The maximum Gasteiger partial charge on any atom is 0.251 e. The molecule has 7 heteroatoms. The molecule has 3 rings (SSSR count). The van der Waals surface area contributed by atoms with Crippen molar-refractivity contribution in [1.29, 1.82) is 0 Å². The normalized spacial score (nSPS) is 10.6. The molecule has 0 radical (unpaired) electrons. The summed E-state index contributed by atoms with van der Waals surface area (Å²) in [5, 5.41) is 5.95. The third kappa shape index (κ3) is 4.72. The zero-order valence-electron chi connectivity index (χ0n) is 15.9. The number of hydrogen-bond donors (Lipinski definition) is 1. The maximum atomic E-state index is 12.5. The average Bonchev–Trinajstić information content (AvgIpc) is 3.17. The summed E-state index contributed by atoms with van der Waals surface area (Å²) in [7, 11) is 3.10. The van der Waals surface area contributed by atoms with E-state index < -0.39 is 0 Å². The smallest absolute Gasteiger partial charge is 0.251 e. The van der Waals surface area contributed by atoms with Crippen molar-refractivity contribution in [3.8, 4) is 22.1 Å². The second-order valence-corrected chi connectivity index (χ2v) is 7.86. The largest absolute Gasteiger partial charge is 0.495 e. The van der Waals surface area contributed by atoms with E-state index in [1.165, 1.54) is 5.56 Å². The number of methoxy groups -OCH3 is 2. The first-order valence-electron chi connectivity index (χ1n) is 8.73. The minimum Gasteiger partial charge on any atom is -0.495 e. The number of ether oxygens (including phenoxy) is 2. The number of hydrogen-bond acceptors (Lipinski definition) is 5. The molecular weight excluding hydrogens is 440 g/mol. The average molecular weight is 461 g/mol. The standard InChI is InChI=1S/C21H21BrN2O3S/c1-13-4-6-14(7-5-13)21-24-16(12-28-21)8-9-23-20(25)15-10-17(26-2)19(22)18(11-15)27-3/h4-7,10-12H,8-9H2,1-3H3,(H,23,25). The Labute approximate surface area is 176 Å². The molecule has 0 saturated heterocycles. The second kappa shape index (κ2) is 9.21. The summed E-state index contributed by atoms with van der Waals surface area (Å²) in [6.07, 6.45) is 0.666. The second-order valence-electron chi connectivity index (χ2n) is 6.21. The van der Waals surface area contributed by atoms with Gasteiger partial charge in [0, 0.05) is 29.5 Å². The lowest BCUT2D eigenvalue weighted by molar-refractivity contribution is 0.0953. The van der Waals surface area contributed by atoms with Crippen LogP contribution in [0.1, 0.15) is 21.6 Å². The molecule has 0 aliphatic heterocycles. The van der Waals surface area contributed by atoms with E-state index in [1.807, 2.05) is 5.38 Å². The van der Waals surface area contributed by atoms with Crippen LogP contribution in [-0.4, -0.2) is 31.7 Å². The van der Waals surface area contributed by atoms with Crippen molar-refractivity contribution in [3.05, 3.63) is 63.1 Å². The Kier molecular flexibility index (Phi) is 6.70. The predicted octanol–water partition coefficient (Wildman–Crippen LogP) is 4.87. The minimum atomic E-state index is -0.182. The molecule has 28 heavy (non-hydrogen) atoms. The quantitative estimate of drug-likeness (QED) is 0.546. The number of benzene rings is 2. The van der Waals surface area contributed by atoms with Crippen molar-refractivity contribution < 1.29 is 14.3 Å². The number of thiazole rings is 1. The van der Waals surface area contributed by atoms with E-state index in [2.05, 4.69) is 57.4 Å². The number of aryl methyl sites for hydroxylation is 1. The van der Waals surface area contributed by atoms with Gasteiger partial charge in [-0.15, -0.1) is 11.3 Å². The molecule has 0 aliphatic rings. The van der Waals surface area contributed by atoms with Crippen molar-refractivity contribution in [3.63, 3.8) is 0 Å². The fraction of sp³-hybridized carbons (Fsp3) is 0.238. The molecular formula is C21H21BrN2O3S. The monoisotopic (exact) mass is 460 g/mol. The summed E-state index contributed by atoms with van der Waals surface area (Å²) in [5.41, 5.74) is 3.78. The fourth-order valence-corrected chi connectivity index (χ4v) is 4.07. The molecule has 1 amide bonds. The van der Waals surface area contributed by atoms with Crippen molar-refractivity contribution in [2.75, 3.05) is 20.8 Å². The molecule has 0 bridgehead atoms. The molecule has 0 spiro atoms. The van der Waals surface area contributed by atoms with Crippen LogP contribution < -0.4 is 14.8 Å². The van der Waals surface area contributed by atoms with E-state index in [-0.39, 0.29) is 5.91 Å². The highest BCUT2D eigenvalue weighted by Crippen LogP contribution is 2.35. The van der Waals surface area contributed by atoms with Gasteiger partial charge in [0.15, 0.2) is 0 Å². The van der Waals surface area contributed by atoms with Crippen LogP contribution >= 0.6 is 27.3 Å². The van der Waals surface area contributed by atoms with E-state index in [1.54, 1.807) is 37.7 Å². The number of carbonyl (C=O) groups excluding carboxylic acids is 1. The van der Waals surface area contributed by atoms with Gasteiger partial charge in [-0.2, -0.15) is 0 Å². The number of nitrogens with zero attached hydrogens (tertiary/aromatic N) is 1. The first kappa shape index (κ1) is 20.4. The van der Waals surface area contributed by atoms with Crippen molar-refractivity contribution in [2.45, 2.75) is 13.3 Å².